The van der Waals surface area contributed by atoms with Crippen LogP contribution in [0.3, 0.4) is 0 Å². The van der Waals surface area contributed by atoms with Crippen LogP contribution in [-0.4, -0.2) is 30.0 Å². The summed E-state index contributed by atoms with van der Waals surface area (Å²) in [5, 5.41) is 2.70. The van der Waals surface area contributed by atoms with Crippen molar-refractivity contribution in [2.24, 2.45) is 0 Å². The maximum atomic E-state index is 11.9. The third kappa shape index (κ3) is 6.50. The fourth-order valence-corrected chi connectivity index (χ4v) is 2.33. The quantitative estimate of drug-likeness (QED) is 0.555. The third-order valence-electron chi connectivity index (χ3n) is 3.34. The van der Waals surface area contributed by atoms with E-state index in [4.69, 9.17) is 4.74 Å². The van der Waals surface area contributed by atoms with Crippen molar-refractivity contribution < 1.29 is 14.3 Å². The summed E-state index contributed by atoms with van der Waals surface area (Å²) in [6.45, 7) is 0.639. The van der Waals surface area contributed by atoms with Crippen LogP contribution >= 0.6 is 15.9 Å². The van der Waals surface area contributed by atoms with Gasteiger partial charge in [0.1, 0.15) is 0 Å². The minimum absolute atomic E-state index is 0.164. The molecule has 24 heavy (non-hydrogen) atoms. The van der Waals surface area contributed by atoms with Crippen LogP contribution < -0.4 is 5.32 Å². The average molecular weight is 391 g/mol. The highest BCUT2D eigenvalue weighted by Crippen LogP contribution is 2.10. The second kappa shape index (κ2) is 9.82. The number of benzene rings is 1. The normalized spacial score (nSPS) is 10.2. The Balaban J connectivity index is 1.58. The van der Waals surface area contributed by atoms with Gasteiger partial charge in [-0.05, 0) is 54.8 Å². The summed E-state index contributed by atoms with van der Waals surface area (Å²) >= 11 is 3.32. The smallest absolute Gasteiger partial charge is 0.307 e. The van der Waals surface area contributed by atoms with Crippen molar-refractivity contribution in [2.75, 3.05) is 13.2 Å². The van der Waals surface area contributed by atoms with E-state index in [0.717, 1.165) is 17.3 Å². The van der Waals surface area contributed by atoms with E-state index in [9.17, 15) is 9.59 Å². The lowest BCUT2D eigenvalue weighted by Crippen LogP contribution is -2.26. The molecule has 0 aliphatic rings. The van der Waals surface area contributed by atoms with Crippen LogP contribution in [0.4, 0.5) is 0 Å². The molecule has 1 heterocycles. The molecule has 0 spiro atoms. The number of esters is 1. The van der Waals surface area contributed by atoms with Crippen LogP contribution in [0.2, 0.25) is 0 Å². The summed E-state index contributed by atoms with van der Waals surface area (Å²) < 4.78 is 6.07. The maximum Gasteiger partial charge on any atom is 0.307 e. The number of amides is 1. The second-order valence-electron chi connectivity index (χ2n) is 5.19. The predicted octanol–water partition coefficient (Wildman–Crippen LogP) is 3.14. The Bertz CT molecular complexity index is 660. The highest BCUT2D eigenvalue weighted by molar-refractivity contribution is 9.10. The summed E-state index contributed by atoms with van der Waals surface area (Å²) in [6, 6.07) is 10.9. The molecule has 126 valence electrons. The Hall–Kier alpha value is -2.21. The topological polar surface area (TPSA) is 68.3 Å². The average Bonchev–Trinajstić information content (AvgIpc) is 2.60. The minimum atomic E-state index is -0.305. The Kier molecular flexibility index (Phi) is 7.42. The molecule has 1 aromatic carbocycles. The molecule has 5 nitrogen and oxygen atoms in total. The molecule has 0 atom stereocenters. The number of hydrogen-bond donors (Lipinski definition) is 1. The number of nitrogens with one attached hydrogen (secondary N) is 1. The Morgan fingerprint density at radius 1 is 1.08 bits per heavy atom. The number of hydrogen-bond acceptors (Lipinski definition) is 4. The van der Waals surface area contributed by atoms with Gasteiger partial charge in [-0.2, -0.15) is 0 Å². The first-order valence-electron chi connectivity index (χ1n) is 7.73. The number of ether oxygens (including phenoxy) is 1. The molecular weight excluding hydrogens is 372 g/mol. The first-order valence-corrected chi connectivity index (χ1v) is 8.53. The summed E-state index contributed by atoms with van der Waals surface area (Å²) in [6.07, 6.45) is 5.26. The predicted molar refractivity (Wildman–Crippen MR) is 94.6 cm³/mol. The van der Waals surface area contributed by atoms with Gasteiger partial charge in [0, 0.05) is 29.0 Å². The van der Waals surface area contributed by atoms with E-state index in [0.29, 0.717) is 12.2 Å². The summed E-state index contributed by atoms with van der Waals surface area (Å²) in [5.74, 6) is -0.506. The Morgan fingerprint density at radius 2 is 1.79 bits per heavy atom. The van der Waals surface area contributed by atoms with Gasteiger partial charge in [-0.25, -0.2) is 0 Å². The number of carbonyl (C=O) groups is 2. The van der Waals surface area contributed by atoms with Crippen LogP contribution in [0.15, 0.2) is 53.3 Å². The fourth-order valence-electron chi connectivity index (χ4n) is 2.07. The standard InChI is InChI=1S/C18H19BrN2O3/c19-16-5-3-15(4-6-16)18(23)21-12-9-17(22)24-13-1-2-14-7-10-20-11-8-14/h3-8,10-11H,1-2,9,12-13H2,(H,21,23). The number of nitrogens with zero attached hydrogens (tertiary/aromatic N) is 1. The molecular formula is C18H19BrN2O3. The van der Waals surface area contributed by atoms with Crippen LogP contribution in [0.1, 0.15) is 28.8 Å². The lowest BCUT2D eigenvalue weighted by atomic mass is 10.1. The molecule has 0 aliphatic heterocycles. The fraction of sp³-hybridized carbons (Fsp3) is 0.278. The van der Waals surface area contributed by atoms with Gasteiger partial charge in [0.2, 0.25) is 0 Å². The third-order valence-corrected chi connectivity index (χ3v) is 3.87. The van der Waals surface area contributed by atoms with Crippen LogP contribution in [0.25, 0.3) is 0 Å². The highest BCUT2D eigenvalue weighted by atomic mass is 79.9. The highest BCUT2D eigenvalue weighted by Gasteiger charge is 2.07. The van der Waals surface area contributed by atoms with E-state index in [1.165, 1.54) is 5.56 Å². The Morgan fingerprint density at radius 3 is 2.50 bits per heavy atom. The van der Waals surface area contributed by atoms with E-state index in [-0.39, 0.29) is 24.8 Å². The molecule has 0 radical (unpaired) electrons. The van der Waals surface area contributed by atoms with Gasteiger partial charge in [-0.3, -0.25) is 14.6 Å². The van der Waals surface area contributed by atoms with E-state index in [1.54, 1.807) is 36.7 Å². The van der Waals surface area contributed by atoms with Crippen molar-refractivity contribution in [3.63, 3.8) is 0 Å². The molecule has 0 bridgehead atoms. The zero-order valence-corrected chi connectivity index (χ0v) is 14.8. The maximum absolute atomic E-state index is 11.9. The minimum Gasteiger partial charge on any atom is -0.466 e. The molecule has 1 N–H and O–H groups in total. The molecule has 0 aliphatic carbocycles. The first-order chi connectivity index (χ1) is 11.6. The lowest BCUT2D eigenvalue weighted by molar-refractivity contribution is -0.143. The van der Waals surface area contributed by atoms with Gasteiger partial charge in [-0.15, -0.1) is 0 Å². The lowest BCUT2D eigenvalue weighted by Gasteiger charge is -2.07. The number of rotatable bonds is 8. The van der Waals surface area contributed by atoms with E-state index in [1.807, 2.05) is 12.1 Å². The van der Waals surface area contributed by atoms with Crippen LogP contribution in [0, 0.1) is 0 Å². The van der Waals surface area contributed by atoms with Gasteiger partial charge in [0.25, 0.3) is 5.91 Å². The summed E-state index contributed by atoms with van der Waals surface area (Å²) in [4.78, 5) is 27.5. The second-order valence-corrected chi connectivity index (χ2v) is 6.11. The van der Waals surface area contributed by atoms with Crippen molar-refractivity contribution in [2.45, 2.75) is 19.3 Å². The van der Waals surface area contributed by atoms with Gasteiger partial charge in [0.05, 0.1) is 13.0 Å². The van der Waals surface area contributed by atoms with Gasteiger partial charge < -0.3 is 10.1 Å². The summed E-state index contributed by atoms with van der Waals surface area (Å²) in [7, 11) is 0. The Labute approximate surface area is 149 Å². The number of pyridine rings is 1. The molecule has 1 aromatic heterocycles. The van der Waals surface area contributed by atoms with Crippen molar-refractivity contribution in [3.05, 3.63) is 64.4 Å². The van der Waals surface area contributed by atoms with Crippen molar-refractivity contribution in [1.29, 1.82) is 0 Å². The molecule has 2 aromatic rings. The van der Waals surface area contributed by atoms with Crippen molar-refractivity contribution in [1.82, 2.24) is 10.3 Å². The number of halogens is 1. The summed E-state index contributed by atoms with van der Waals surface area (Å²) in [5.41, 5.74) is 1.73. The van der Waals surface area contributed by atoms with E-state index >= 15 is 0 Å². The van der Waals surface area contributed by atoms with Gasteiger partial charge in [0.15, 0.2) is 0 Å². The number of carbonyl (C=O) groups excluding carboxylic acids is 2. The zero-order chi connectivity index (χ0) is 17.2. The first kappa shape index (κ1) is 18.1. The van der Waals surface area contributed by atoms with Gasteiger partial charge in [-0.1, -0.05) is 15.9 Å². The SMILES string of the molecule is O=C(CCNC(=O)c1ccc(Br)cc1)OCCCc1ccncc1. The molecule has 0 fully saturated rings. The number of aryl methyl sites for hydroxylation is 1. The van der Waals surface area contributed by atoms with Crippen molar-refractivity contribution >= 4 is 27.8 Å². The number of aromatic nitrogens is 1. The van der Waals surface area contributed by atoms with E-state index < -0.39 is 0 Å². The molecule has 2 rings (SSSR count). The zero-order valence-electron chi connectivity index (χ0n) is 13.2. The van der Waals surface area contributed by atoms with Crippen molar-refractivity contribution in [3.8, 4) is 0 Å². The monoisotopic (exact) mass is 390 g/mol. The molecule has 0 saturated carbocycles. The molecule has 1 amide bonds. The van der Waals surface area contributed by atoms with Crippen LogP contribution in [0.5, 0.6) is 0 Å². The largest absolute Gasteiger partial charge is 0.466 e. The molecule has 0 unspecified atom stereocenters. The molecule has 6 heteroatoms. The van der Waals surface area contributed by atoms with Gasteiger partial charge >= 0.3 is 5.97 Å². The molecule has 0 saturated heterocycles. The van der Waals surface area contributed by atoms with Crippen LogP contribution in [-0.2, 0) is 16.0 Å². The van der Waals surface area contributed by atoms with E-state index in [2.05, 4.69) is 26.2 Å².